The average Bonchev–Trinajstić information content (AvgIpc) is 2.56. The highest BCUT2D eigenvalue weighted by Gasteiger charge is 2.29. The van der Waals surface area contributed by atoms with Crippen molar-refractivity contribution in [3.63, 3.8) is 0 Å². The molecule has 25 heavy (non-hydrogen) atoms. The Hall–Kier alpha value is -3.23. The number of carbonyl (C=O) groups is 1. The fourth-order valence-corrected chi connectivity index (χ4v) is 2.19. The zero-order valence-electron chi connectivity index (χ0n) is 13.0. The van der Waals surface area contributed by atoms with Crippen LogP contribution in [0, 0.1) is 0 Å². The van der Waals surface area contributed by atoms with Gasteiger partial charge in [-0.3, -0.25) is 4.79 Å². The first-order valence-electron chi connectivity index (χ1n) is 7.10. The summed E-state index contributed by atoms with van der Waals surface area (Å²) in [7, 11) is 0. The summed E-state index contributed by atoms with van der Waals surface area (Å²) in [5.41, 5.74) is 11.6. The fraction of sp³-hybridized carbons (Fsp3) is 0.125. The molecule has 0 aliphatic carbocycles. The molecule has 132 valence electrons. The largest absolute Gasteiger partial charge is 0.416 e. The number of carbonyl (C=O) groups excluding carboxylic acids is 1. The molecular weight excluding hydrogens is 335 g/mol. The molecular formula is C16H16F3N5O. The van der Waals surface area contributed by atoms with E-state index in [4.69, 9.17) is 17.3 Å². The standard InChI is InChI=1S/C16H16F3N5O/c17-16(18,19)10-6-4-9(5-7-10)8-23-15(24-22)12-3-1-2-11(13(12)20)14(21)25/h1-7H,8,20,22H2,(H2,21,25)(H,23,24). The van der Waals surface area contributed by atoms with Gasteiger partial charge in [0, 0.05) is 12.1 Å². The molecule has 0 unspecified atom stereocenters. The van der Waals surface area contributed by atoms with E-state index in [0.717, 1.165) is 12.1 Å². The molecule has 2 rings (SSSR count). The van der Waals surface area contributed by atoms with Gasteiger partial charge in [0.15, 0.2) is 5.84 Å². The number of anilines is 1. The highest BCUT2D eigenvalue weighted by molar-refractivity contribution is 6.08. The molecule has 7 N–H and O–H groups in total. The van der Waals surface area contributed by atoms with Crippen molar-refractivity contribution in [1.82, 2.24) is 5.32 Å². The number of hydrogen-bond acceptors (Lipinski definition) is 4. The second-order valence-electron chi connectivity index (χ2n) is 5.16. The van der Waals surface area contributed by atoms with Gasteiger partial charge in [-0.05, 0) is 29.8 Å². The predicted octanol–water partition coefficient (Wildman–Crippen LogP) is 1.80. The lowest BCUT2D eigenvalue weighted by atomic mass is 10.1. The smallest absolute Gasteiger partial charge is 0.397 e. The minimum atomic E-state index is -4.39. The summed E-state index contributed by atoms with van der Waals surface area (Å²) < 4.78 is 37.7. The van der Waals surface area contributed by atoms with Crippen LogP contribution in [0.25, 0.3) is 0 Å². The lowest BCUT2D eigenvalue weighted by Gasteiger charge is -2.13. The number of nitrogens with one attached hydrogen (secondary N) is 1. The van der Waals surface area contributed by atoms with Crippen LogP contribution < -0.4 is 22.6 Å². The fourth-order valence-electron chi connectivity index (χ4n) is 2.19. The third-order valence-electron chi connectivity index (χ3n) is 3.50. The Morgan fingerprint density at radius 2 is 1.68 bits per heavy atom. The third kappa shape index (κ3) is 4.19. The van der Waals surface area contributed by atoms with Crippen LogP contribution in [0.15, 0.2) is 47.6 Å². The van der Waals surface area contributed by atoms with Crippen LogP contribution in [0.1, 0.15) is 27.0 Å². The van der Waals surface area contributed by atoms with Crippen molar-refractivity contribution in [2.75, 3.05) is 5.73 Å². The summed E-state index contributed by atoms with van der Waals surface area (Å²) in [6.07, 6.45) is -4.39. The lowest BCUT2D eigenvalue weighted by Crippen LogP contribution is -2.27. The second-order valence-corrected chi connectivity index (χ2v) is 5.16. The van der Waals surface area contributed by atoms with Crippen molar-refractivity contribution in [3.8, 4) is 0 Å². The molecule has 0 aliphatic heterocycles. The van der Waals surface area contributed by atoms with Crippen molar-refractivity contribution < 1.29 is 18.0 Å². The molecule has 0 saturated carbocycles. The average molecular weight is 351 g/mol. The Labute approximate surface area is 141 Å². The summed E-state index contributed by atoms with van der Waals surface area (Å²) in [6, 6.07) is 9.27. The molecule has 0 heterocycles. The molecule has 0 bridgehead atoms. The van der Waals surface area contributed by atoms with Crippen LogP contribution in [0.3, 0.4) is 0 Å². The maximum atomic E-state index is 12.6. The van der Waals surface area contributed by atoms with Crippen LogP contribution in [-0.4, -0.2) is 11.7 Å². The molecule has 6 nitrogen and oxygen atoms in total. The van der Waals surface area contributed by atoms with Crippen LogP contribution in [0.5, 0.6) is 0 Å². The Morgan fingerprint density at radius 3 is 2.20 bits per heavy atom. The summed E-state index contributed by atoms with van der Waals surface area (Å²) in [5.74, 6) is 4.84. The lowest BCUT2D eigenvalue weighted by molar-refractivity contribution is -0.137. The van der Waals surface area contributed by atoms with Crippen molar-refractivity contribution >= 4 is 17.4 Å². The number of nitrogens with two attached hydrogens (primary N) is 3. The van der Waals surface area contributed by atoms with Gasteiger partial charge in [0.2, 0.25) is 0 Å². The van der Waals surface area contributed by atoms with Crippen LogP contribution in [0.2, 0.25) is 0 Å². The molecule has 2 aromatic rings. The van der Waals surface area contributed by atoms with Gasteiger partial charge in [-0.2, -0.15) is 18.3 Å². The first kappa shape index (κ1) is 18.1. The number of amidine groups is 1. The molecule has 0 aromatic heterocycles. The number of rotatable bonds is 4. The van der Waals surface area contributed by atoms with Crippen molar-refractivity contribution in [1.29, 1.82) is 0 Å². The molecule has 9 heteroatoms. The number of hydrogen-bond donors (Lipinski definition) is 4. The minimum Gasteiger partial charge on any atom is -0.397 e. The zero-order valence-corrected chi connectivity index (χ0v) is 13.0. The Morgan fingerprint density at radius 1 is 1.08 bits per heavy atom. The van der Waals surface area contributed by atoms with Gasteiger partial charge in [0.25, 0.3) is 5.91 Å². The maximum Gasteiger partial charge on any atom is 0.416 e. The van der Waals surface area contributed by atoms with E-state index in [0.29, 0.717) is 11.1 Å². The molecule has 0 radical (unpaired) electrons. The van der Waals surface area contributed by atoms with E-state index in [1.165, 1.54) is 18.2 Å². The third-order valence-corrected chi connectivity index (χ3v) is 3.50. The quantitative estimate of drug-likeness (QED) is 0.221. The van der Waals surface area contributed by atoms with E-state index in [1.54, 1.807) is 12.1 Å². The summed E-state index contributed by atoms with van der Waals surface area (Å²) in [5, 5.41) is 6.46. The molecule has 0 aliphatic rings. The predicted molar refractivity (Wildman–Crippen MR) is 88.4 cm³/mol. The Kier molecular flexibility index (Phi) is 5.16. The van der Waals surface area contributed by atoms with E-state index >= 15 is 0 Å². The van der Waals surface area contributed by atoms with Gasteiger partial charge in [-0.1, -0.05) is 18.2 Å². The SMILES string of the molecule is N/N=C(/NCc1ccc(C(F)(F)F)cc1)c1cccc(C(N)=O)c1N. The number of benzene rings is 2. The van der Waals surface area contributed by atoms with Gasteiger partial charge in [0.1, 0.15) is 0 Å². The minimum absolute atomic E-state index is 0.110. The van der Waals surface area contributed by atoms with Crippen LogP contribution >= 0.6 is 0 Å². The number of primary amides is 1. The van der Waals surface area contributed by atoms with E-state index in [2.05, 4.69) is 10.4 Å². The van der Waals surface area contributed by atoms with E-state index < -0.39 is 17.6 Å². The molecule has 0 spiro atoms. The van der Waals surface area contributed by atoms with Crippen molar-refractivity contribution in [2.24, 2.45) is 16.7 Å². The van der Waals surface area contributed by atoms with E-state index in [-0.39, 0.29) is 23.6 Å². The highest BCUT2D eigenvalue weighted by atomic mass is 19.4. The molecule has 0 saturated heterocycles. The van der Waals surface area contributed by atoms with Crippen molar-refractivity contribution in [2.45, 2.75) is 12.7 Å². The van der Waals surface area contributed by atoms with Gasteiger partial charge in [0.05, 0.1) is 16.8 Å². The number of alkyl halides is 3. The van der Waals surface area contributed by atoms with Crippen LogP contribution in [0.4, 0.5) is 18.9 Å². The second kappa shape index (κ2) is 7.12. The van der Waals surface area contributed by atoms with Gasteiger partial charge in [-0.25, -0.2) is 0 Å². The monoisotopic (exact) mass is 351 g/mol. The maximum absolute atomic E-state index is 12.6. The van der Waals surface area contributed by atoms with Crippen molar-refractivity contribution in [3.05, 3.63) is 64.7 Å². The first-order chi connectivity index (χ1) is 11.7. The molecule has 2 aromatic carbocycles. The number of nitrogen functional groups attached to an aromatic ring is 1. The topological polar surface area (TPSA) is 120 Å². The van der Waals surface area contributed by atoms with Gasteiger partial charge in [-0.15, -0.1) is 0 Å². The number of nitrogens with zero attached hydrogens (tertiary/aromatic N) is 1. The number of para-hydroxylation sites is 1. The summed E-state index contributed by atoms with van der Waals surface area (Å²) in [6.45, 7) is 0.161. The molecule has 1 amide bonds. The first-order valence-corrected chi connectivity index (χ1v) is 7.10. The number of amides is 1. The van der Waals surface area contributed by atoms with E-state index in [9.17, 15) is 18.0 Å². The summed E-state index contributed by atoms with van der Waals surface area (Å²) >= 11 is 0. The molecule has 0 atom stereocenters. The highest BCUT2D eigenvalue weighted by Crippen LogP contribution is 2.29. The number of hydrazone groups is 1. The normalized spacial score (nSPS) is 12.0. The number of halogens is 3. The molecule has 0 fully saturated rings. The summed E-state index contributed by atoms with van der Waals surface area (Å²) in [4.78, 5) is 11.3. The zero-order chi connectivity index (χ0) is 18.6. The Balaban J connectivity index is 2.17. The van der Waals surface area contributed by atoms with Gasteiger partial charge >= 0.3 is 6.18 Å². The van der Waals surface area contributed by atoms with E-state index in [1.807, 2.05) is 0 Å². The Bertz CT molecular complexity index is 800. The van der Waals surface area contributed by atoms with Crippen LogP contribution in [-0.2, 0) is 12.7 Å². The van der Waals surface area contributed by atoms with Gasteiger partial charge < -0.3 is 22.6 Å².